The first-order valence-electron chi connectivity index (χ1n) is 6.07. The predicted octanol–water partition coefficient (Wildman–Crippen LogP) is 2.07. The molecule has 1 N–H and O–H groups in total. The number of rotatable bonds is 5. The molecule has 8 heteroatoms. The fraction of sp³-hybridized carbons (Fsp3) is 0.308. The van der Waals surface area contributed by atoms with Crippen LogP contribution in [-0.4, -0.2) is 23.2 Å². The van der Waals surface area contributed by atoms with Crippen LogP contribution in [0.15, 0.2) is 17.2 Å². The predicted molar refractivity (Wildman–Crippen MR) is 75.9 cm³/mol. The van der Waals surface area contributed by atoms with Gasteiger partial charge < -0.3 is 4.74 Å². The number of nitriles is 1. The molecular formula is C13H14N4O4. The van der Waals surface area contributed by atoms with Crippen molar-refractivity contribution >= 4 is 23.1 Å². The van der Waals surface area contributed by atoms with E-state index in [2.05, 4.69) is 15.3 Å². The number of aryl methyl sites for hydroxylation is 1. The first kappa shape index (κ1) is 16.1. The molecule has 1 aromatic carbocycles. The maximum absolute atomic E-state index is 11.4. The number of nitro groups is 1. The van der Waals surface area contributed by atoms with Crippen LogP contribution in [0.2, 0.25) is 0 Å². The van der Waals surface area contributed by atoms with Gasteiger partial charge in [-0.3, -0.25) is 15.5 Å². The van der Waals surface area contributed by atoms with Crippen molar-refractivity contribution in [2.75, 3.05) is 12.0 Å². The minimum absolute atomic E-state index is 0.100. The molecular weight excluding hydrogens is 276 g/mol. The van der Waals surface area contributed by atoms with Crippen LogP contribution < -0.4 is 5.43 Å². The lowest BCUT2D eigenvalue weighted by atomic mass is 10.1. The van der Waals surface area contributed by atoms with E-state index < -0.39 is 16.6 Å². The molecule has 1 aromatic rings. The number of nitro benzene ring substituents is 1. The van der Waals surface area contributed by atoms with Crippen LogP contribution in [-0.2, 0) is 9.53 Å². The lowest BCUT2D eigenvalue weighted by Gasteiger charge is -2.08. The van der Waals surface area contributed by atoms with E-state index in [0.29, 0.717) is 5.56 Å². The molecule has 8 nitrogen and oxygen atoms in total. The summed E-state index contributed by atoms with van der Waals surface area (Å²) in [5.41, 5.74) is 3.27. The van der Waals surface area contributed by atoms with Crippen LogP contribution in [0.5, 0.6) is 0 Å². The molecule has 110 valence electrons. The van der Waals surface area contributed by atoms with Crippen molar-refractivity contribution in [3.63, 3.8) is 0 Å². The van der Waals surface area contributed by atoms with Gasteiger partial charge in [0, 0.05) is 6.07 Å². The Labute approximate surface area is 121 Å². The van der Waals surface area contributed by atoms with Gasteiger partial charge in [-0.25, -0.2) is 4.79 Å². The van der Waals surface area contributed by atoms with Gasteiger partial charge in [-0.1, -0.05) is 6.07 Å². The van der Waals surface area contributed by atoms with Gasteiger partial charge in [0.1, 0.15) is 11.8 Å². The third-order valence-corrected chi connectivity index (χ3v) is 2.76. The molecule has 0 aliphatic rings. The topological polar surface area (TPSA) is 118 Å². The molecule has 0 heterocycles. The van der Waals surface area contributed by atoms with E-state index in [0.717, 1.165) is 5.56 Å². The second kappa shape index (κ2) is 7.00. The summed E-state index contributed by atoms with van der Waals surface area (Å²) >= 11 is 0. The third-order valence-electron chi connectivity index (χ3n) is 2.76. The third kappa shape index (κ3) is 3.76. The molecule has 0 aliphatic carbocycles. The monoisotopic (exact) mass is 290 g/mol. The van der Waals surface area contributed by atoms with E-state index in [1.54, 1.807) is 32.9 Å². The molecule has 21 heavy (non-hydrogen) atoms. The molecule has 1 rings (SSSR count). The number of benzene rings is 1. The van der Waals surface area contributed by atoms with Gasteiger partial charge in [-0.05, 0) is 31.9 Å². The first-order chi connectivity index (χ1) is 9.92. The molecule has 0 bridgehead atoms. The van der Waals surface area contributed by atoms with Gasteiger partial charge in [0.05, 0.1) is 11.5 Å². The zero-order valence-corrected chi connectivity index (χ0v) is 11.8. The highest BCUT2D eigenvalue weighted by Gasteiger charge is 2.18. The molecule has 0 atom stereocenters. The zero-order valence-electron chi connectivity index (χ0n) is 11.8. The first-order valence-corrected chi connectivity index (χ1v) is 6.07. The number of carbonyl (C=O) groups excluding carboxylic acids is 1. The van der Waals surface area contributed by atoms with Crippen molar-refractivity contribution in [1.82, 2.24) is 0 Å². The minimum Gasteiger partial charge on any atom is -0.461 e. The average Bonchev–Trinajstić information content (AvgIpc) is 2.43. The van der Waals surface area contributed by atoms with Gasteiger partial charge in [0.2, 0.25) is 5.71 Å². The van der Waals surface area contributed by atoms with E-state index in [9.17, 15) is 14.9 Å². The molecule has 0 unspecified atom stereocenters. The Morgan fingerprint density at radius 2 is 2.19 bits per heavy atom. The number of nitrogens with zero attached hydrogens (tertiary/aromatic N) is 3. The van der Waals surface area contributed by atoms with Crippen LogP contribution >= 0.6 is 0 Å². The van der Waals surface area contributed by atoms with Crippen LogP contribution in [0, 0.1) is 35.3 Å². The summed E-state index contributed by atoms with van der Waals surface area (Å²) in [7, 11) is 0. The Balaban J connectivity index is 3.18. The second-order valence-corrected chi connectivity index (χ2v) is 4.06. The summed E-state index contributed by atoms with van der Waals surface area (Å²) in [5, 5.41) is 23.4. The Bertz CT molecular complexity index is 646. The van der Waals surface area contributed by atoms with Crippen molar-refractivity contribution in [2.24, 2.45) is 5.10 Å². The number of hydrogen-bond acceptors (Lipinski definition) is 7. The summed E-state index contributed by atoms with van der Waals surface area (Å²) in [6, 6.07) is 4.52. The highest BCUT2D eigenvalue weighted by atomic mass is 16.6. The van der Waals surface area contributed by atoms with Crippen molar-refractivity contribution < 1.29 is 14.5 Å². The van der Waals surface area contributed by atoms with Crippen molar-refractivity contribution in [2.45, 2.75) is 20.8 Å². The average molecular weight is 290 g/mol. The van der Waals surface area contributed by atoms with Crippen molar-refractivity contribution in [1.29, 1.82) is 5.26 Å². The van der Waals surface area contributed by atoms with Gasteiger partial charge >= 0.3 is 5.97 Å². The molecule has 0 radical (unpaired) electrons. The van der Waals surface area contributed by atoms with E-state index in [1.807, 2.05) is 0 Å². The number of ether oxygens (including phenoxy) is 1. The molecule has 0 saturated carbocycles. The maximum Gasteiger partial charge on any atom is 0.369 e. The lowest BCUT2D eigenvalue weighted by Crippen LogP contribution is -2.17. The Morgan fingerprint density at radius 1 is 1.52 bits per heavy atom. The van der Waals surface area contributed by atoms with Crippen LogP contribution in [0.3, 0.4) is 0 Å². The SMILES string of the molecule is CCOC(=O)/C(C#N)=N/Nc1c([N+](=O)[O-])ccc(C)c1C. The number of hydrogen-bond donors (Lipinski definition) is 1. The van der Waals surface area contributed by atoms with Crippen LogP contribution in [0.4, 0.5) is 11.4 Å². The fourth-order valence-corrected chi connectivity index (χ4v) is 1.52. The van der Waals surface area contributed by atoms with E-state index in [1.165, 1.54) is 6.07 Å². The summed E-state index contributed by atoms with van der Waals surface area (Å²) in [5.74, 6) is -0.888. The van der Waals surface area contributed by atoms with Gasteiger partial charge in [0.15, 0.2) is 0 Å². The number of carbonyl (C=O) groups is 1. The number of hydrazone groups is 1. The van der Waals surface area contributed by atoms with Gasteiger partial charge in [-0.15, -0.1) is 0 Å². The maximum atomic E-state index is 11.4. The summed E-state index contributed by atoms with van der Waals surface area (Å²) < 4.78 is 4.65. The highest BCUT2D eigenvalue weighted by Crippen LogP contribution is 2.30. The second-order valence-electron chi connectivity index (χ2n) is 4.06. The van der Waals surface area contributed by atoms with E-state index >= 15 is 0 Å². The Morgan fingerprint density at radius 3 is 2.71 bits per heavy atom. The number of anilines is 1. The largest absolute Gasteiger partial charge is 0.461 e. The molecule has 0 aliphatic heterocycles. The van der Waals surface area contributed by atoms with Crippen molar-refractivity contribution in [3.05, 3.63) is 33.4 Å². The Kier molecular flexibility index (Phi) is 5.37. The van der Waals surface area contributed by atoms with Crippen molar-refractivity contribution in [3.8, 4) is 6.07 Å². The normalized spacial score (nSPS) is 10.7. The summed E-state index contributed by atoms with van der Waals surface area (Å²) in [4.78, 5) is 21.8. The zero-order chi connectivity index (χ0) is 16.0. The molecule has 0 spiro atoms. The Hall–Kier alpha value is -2.95. The molecule has 0 fully saturated rings. The molecule has 0 aromatic heterocycles. The lowest BCUT2D eigenvalue weighted by molar-refractivity contribution is -0.384. The molecule has 0 amide bonds. The summed E-state index contributed by atoms with van der Waals surface area (Å²) in [6.45, 7) is 5.15. The fourth-order valence-electron chi connectivity index (χ4n) is 1.52. The van der Waals surface area contributed by atoms with E-state index in [-0.39, 0.29) is 18.0 Å². The van der Waals surface area contributed by atoms with Crippen LogP contribution in [0.1, 0.15) is 18.1 Å². The van der Waals surface area contributed by atoms with Gasteiger partial charge in [-0.2, -0.15) is 10.4 Å². The molecule has 0 saturated heterocycles. The standard InChI is InChI=1S/C13H14N4O4/c1-4-21-13(18)10(7-14)15-16-12-9(3)8(2)5-6-11(12)17(19)20/h5-6,16H,4H2,1-3H3/b15-10+. The number of esters is 1. The summed E-state index contributed by atoms with van der Waals surface area (Å²) in [6.07, 6.45) is 0. The quantitative estimate of drug-likeness (QED) is 0.384. The smallest absolute Gasteiger partial charge is 0.369 e. The van der Waals surface area contributed by atoms with Crippen LogP contribution in [0.25, 0.3) is 0 Å². The van der Waals surface area contributed by atoms with Gasteiger partial charge in [0.25, 0.3) is 5.69 Å². The van der Waals surface area contributed by atoms with E-state index in [4.69, 9.17) is 5.26 Å². The minimum atomic E-state index is -0.888. The highest BCUT2D eigenvalue weighted by molar-refractivity contribution is 6.43. The number of nitrogens with one attached hydrogen (secondary N) is 1.